The fourth-order valence-electron chi connectivity index (χ4n) is 2.61. The van der Waals surface area contributed by atoms with Crippen LogP contribution in [0.15, 0.2) is 54.7 Å². The number of halogens is 3. The molecule has 3 rings (SSSR count). The Labute approximate surface area is 142 Å². The molecule has 1 aliphatic rings. The molecule has 130 valence electrons. The minimum absolute atomic E-state index is 0.128. The van der Waals surface area contributed by atoms with Gasteiger partial charge < -0.3 is 4.74 Å². The summed E-state index contributed by atoms with van der Waals surface area (Å²) in [6, 6.07) is 9.61. The van der Waals surface area contributed by atoms with Crippen LogP contribution in [0.1, 0.15) is 21.5 Å². The van der Waals surface area contributed by atoms with Crippen molar-refractivity contribution in [1.82, 2.24) is 5.43 Å². The maximum atomic E-state index is 12.6. The standard InChI is InChI=1S/C18H15F3N2O2/c1-25-15-6-2-4-12-5-3-11-23(16(12)15)22-17(24)13-7-9-14(10-8-13)18(19,20)21/h2-4,6-11H,5H2,1H3,(H,22,24). The highest BCUT2D eigenvalue weighted by molar-refractivity contribution is 5.95. The van der Waals surface area contributed by atoms with Gasteiger partial charge in [0.1, 0.15) is 11.4 Å². The van der Waals surface area contributed by atoms with Crippen molar-refractivity contribution in [3.8, 4) is 5.75 Å². The molecule has 0 saturated heterocycles. The zero-order valence-electron chi connectivity index (χ0n) is 13.3. The predicted octanol–water partition coefficient (Wildman–Crippen LogP) is 3.94. The minimum atomic E-state index is -4.43. The van der Waals surface area contributed by atoms with Gasteiger partial charge in [-0.15, -0.1) is 0 Å². The first kappa shape index (κ1) is 16.9. The van der Waals surface area contributed by atoms with E-state index in [9.17, 15) is 18.0 Å². The molecule has 1 aliphatic heterocycles. The van der Waals surface area contributed by atoms with Gasteiger partial charge in [-0.1, -0.05) is 18.2 Å². The molecule has 0 spiro atoms. The molecule has 0 aromatic heterocycles. The van der Waals surface area contributed by atoms with Crippen molar-refractivity contribution in [3.05, 3.63) is 71.4 Å². The van der Waals surface area contributed by atoms with Gasteiger partial charge in [0.25, 0.3) is 5.91 Å². The third-order valence-corrected chi connectivity index (χ3v) is 3.83. The second kappa shape index (κ2) is 6.51. The molecule has 0 fully saturated rings. The number of allylic oxidation sites excluding steroid dienone is 1. The number of nitrogens with zero attached hydrogens (tertiary/aromatic N) is 1. The van der Waals surface area contributed by atoms with Crippen LogP contribution < -0.4 is 15.2 Å². The smallest absolute Gasteiger partial charge is 0.416 e. The molecule has 1 amide bonds. The molecule has 0 saturated carbocycles. The van der Waals surface area contributed by atoms with E-state index in [-0.39, 0.29) is 5.56 Å². The van der Waals surface area contributed by atoms with Crippen molar-refractivity contribution >= 4 is 11.6 Å². The van der Waals surface area contributed by atoms with Crippen molar-refractivity contribution in [2.45, 2.75) is 12.6 Å². The van der Waals surface area contributed by atoms with Crippen molar-refractivity contribution in [2.75, 3.05) is 12.1 Å². The van der Waals surface area contributed by atoms with Crippen LogP contribution in [0.3, 0.4) is 0 Å². The number of nitrogens with one attached hydrogen (secondary N) is 1. The van der Waals surface area contributed by atoms with E-state index >= 15 is 0 Å². The van der Waals surface area contributed by atoms with E-state index in [1.54, 1.807) is 12.3 Å². The topological polar surface area (TPSA) is 41.6 Å². The van der Waals surface area contributed by atoms with E-state index < -0.39 is 17.6 Å². The lowest BCUT2D eigenvalue weighted by Crippen LogP contribution is -2.40. The summed E-state index contributed by atoms with van der Waals surface area (Å²) in [5.41, 5.74) is 3.67. The van der Waals surface area contributed by atoms with Crippen molar-refractivity contribution < 1.29 is 22.7 Å². The number of hydrogen-bond acceptors (Lipinski definition) is 3. The maximum absolute atomic E-state index is 12.6. The number of anilines is 1. The Morgan fingerprint density at radius 1 is 1.16 bits per heavy atom. The van der Waals surface area contributed by atoms with E-state index in [0.717, 1.165) is 29.8 Å². The van der Waals surface area contributed by atoms with E-state index in [1.807, 2.05) is 18.2 Å². The molecule has 2 aromatic rings. The number of methoxy groups -OCH3 is 1. The summed E-state index contributed by atoms with van der Waals surface area (Å²) in [5.74, 6) is 0.0756. The molecule has 2 aromatic carbocycles. The van der Waals surface area contributed by atoms with Gasteiger partial charge >= 0.3 is 6.18 Å². The first-order chi connectivity index (χ1) is 11.9. The zero-order chi connectivity index (χ0) is 18.0. The largest absolute Gasteiger partial charge is 0.494 e. The highest BCUT2D eigenvalue weighted by Crippen LogP contribution is 2.34. The Bertz CT molecular complexity index is 814. The summed E-state index contributed by atoms with van der Waals surface area (Å²) >= 11 is 0. The Kier molecular flexibility index (Phi) is 4.39. The summed E-state index contributed by atoms with van der Waals surface area (Å²) in [5, 5.41) is 1.51. The molecule has 0 bridgehead atoms. The first-order valence-corrected chi connectivity index (χ1v) is 7.50. The Morgan fingerprint density at radius 2 is 1.88 bits per heavy atom. The third-order valence-electron chi connectivity index (χ3n) is 3.83. The zero-order valence-corrected chi connectivity index (χ0v) is 13.3. The number of para-hydroxylation sites is 1. The number of rotatable bonds is 3. The fraction of sp³-hybridized carbons (Fsp3) is 0.167. The predicted molar refractivity (Wildman–Crippen MR) is 87.2 cm³/mol. The van der Waals surface area contributed by atoms with Crippen LogP contribution in [-0.4, -0.2) is 13.0 Å². The number of carbonyl (C=O) groups excluding carboxylic acids is 1. The number of benzene rings is 2. The SMILES string of the molecule is COc1cccc2c1N(NC(=O)c1ccc(C(F)(F)F)cc1)C=CC2. The molecule has 7 heteroatoms. The summed E-state index contributed by atoms with van der Waals surface area (Å²) in [4.78, 5) is 12.4. The van der Waals surface area contributed by atoms with Gasteiger partial charge in [0.05, 0.1) is 12.7 Å². The monoisotopic (exact) mass is 348 g/mol. The molecule has 1 heterocycles. The lowest BCUT2D eigenvalue weighted by molar-refractivity contribution is -0.137. The third kappa shape index (κ3) is 3.45. The average Bonchev–Trinajstić information content (AvgIpc) is 2.60. The number of hydrogen-bond donors (Lipinski definition) is 1. The molecule has 25 heavy (non-hydrogen) atoms. The van der Waals surface area contributed by atoms with Crippen molar-refractivity contribution in [1.29, 1.82) is 0 Å². The number of carbonyl (C=O) groups is 1. The fourth-order valence-corrected chi connectivity index (χ4v) is 2.61. The number of hydrazine groups is 1. The molecule has 0 unspecified atom stereocenters. The van der Waals surface area contributed by atoms with E-state index in [2.05, 4.69) is 5.43 Å². The van der Waals surface area contributed by atoms with Crippen LogP contribution in [0.4, 0.5) is 18.9 Å². The molecule has 0 atom stereocenters. The number of ether oxygens (including phenoxy) is 1. The van der Waals surface area contributed by atoms with Gasteiger partial charge in [0.2, 0.25) is 0 Å². The Hall–Kier alpha value is -2.96. The van der Waals surface area contributed by atoms with E-state index in [1.165, 1.54) is 12.1 Å². The quantitative estimate of drug-likeness (QED) is 0.914. The van der Waals surface area contributed by atoms with Crippen LogP contribution in [-0.2, 0) is 12.6 Å². The molecule has 0 aliphatic carbocycles. The van der Waals surface area contributed by atoms with Crippen molar-refractivity contribution in [3.63, 3.8) is 0 Å². The van der Waals surface area contributed by atoms with Crippen LogP contribution in [0.5, 0.6) is 5.75 Å². The number of fused-ring (bicyclic) bond motifs is 1. The first-order valence-electron chi connectivity index (χ1n) is 7.50. The molecular formula is C18H15F3N2O2. The lowest BCUT2D eigenvalue weighted by atomic mass is 10.1. The van der Waals surface area contributed by atoms with Crippen molar-refractivity contribution in [2.24, 2.45) is 0 Å². The van der Waals surface area contributed by atoms with Crippen LogP contribution >= 0.6 is 0 Å². The van der Waals surface area contributed by atoms with Gasteiger partial charge in [-0.05, 0) is 42.3 Å². The Balaban J connectivity index is 1.82. The van der Waals surface area contributed by atoms with Gasteiger partial charge in [-0.25, -0.2) is 0 Å². The number of amides is 1. The second-order valence-electron chi connectivity index (χ2n) is 5.44. The second-order valence-corrected chi connectivity index (χ2v) is 5.44. The summed E-state index contributed by atoms with van der Waals surface area (Å²) in [7, 11) is 1.53. The number of alkyl halides is 3. The summed E-state index contributed by atoms with van der Waals surface area (Å²) in [6.07, 6.45) is -0.183. The minimum Gasteiger partial charge on any atom is -0.494 e. The normalized spacial score (nSPS) is 13.4. The van der Waals surface area contributed by atoms with Crippen LogP contribution in [0.25, 0.3) is 0 Å². The molecule has 0 radical (unpaired) electrons. The van der Waals surface area contributed by atoms with Gasteiger partial charge in [-0.3, -0.25) is 15.2 Å². The molecular weight excluding hydrogens is 333 g/mol. The maximum Gasteiger partial charge on any atom is 0.416 e. The van der Waals surface area contributed by atoms with Gasteiger partial charge in [-0.2, -0.15) is 13.2 Å². The van der Waals surface area contributed by atoms with E-state index in [0.29, 0.717) is 17.9 Å². The van der Waals surface area contributed by atoms with Gasteiger partial charge in [0.15, 0.2) is 0 Å². The lowest BCUT2D eigenvalue weighted by Gasteiger charge is -2.28. The molecule has 4 nitrogen and oxygen atoms in total. The highest BCUT2D eigenvalue weighted by Gasteiger charge is 2.30. The highest BCUT2D eigenvalue weighted by atomic mass is 19.4. The summed E-state index contributed by atoms with van der Waals surface area (Å²) < 4.78 is 43.2. The van der Waals surface area contributed by atoms with Crippen LogP contribution in [0.2, 0.25) is 0 Å². The van der Waals surface area contributed by atoms with Gasteiger partial charge in [0, 0.05) is 11.8 Å². The Morgan fingerprint density at radius 3 is 2.52 bits per heavy atom. The molecule has 1 N–H and O–H groups in total. The summed E-state index contributed by atoms with van der Waals surface area (Å²) in [6.45, 7) is 0. The average molecular weight is 348 g/mol. The van der Waals surface area contributed by atoms with Crippen LogP contribution in [0, 0.1) is 0 Å². The van der Waals surface area contributed by atoms with E-state index in [4.69, 9.17) is 4.74 Å².